The van der Waals surface area contributed by atoms with Crippen molar-refractivity contribution in [2.24, 2.45) is 0 Å². The number of esters is 1. The number of nitrogens with one attached hydrogen (secondary N) is 2. The van der Waals surface area contributed by atoms with Gasteiger partial charge in [-0.2, -0.15) is 9.59 Å². The number of nitrogens with zero attached hydrogens (tertiary/aromatic N) is 6. The van der Waals surface area contributed by atoms with Gasteiger partial charge >= 0.3 is 37.0 Å². The van der Waals surface area contributed by atoms with Gasteiger partial charge in [0.05, 0.1) is 30.3 Å². The topological polar surface area (TPSA) is 333 Å². The number of aromatic carboxylic acids is 1. The zero-order valence-corrected chi connectivity index (χ0v) is 49.2. The second-order valence-corrected chi connectivity index (χ2v) is 19.0. The third-order valence-electron chi connectivity index (χ3n) is 13.0. The van der Waals surface area contributed by atoms with Gasteiger partial charge in [0, 0.05) is 70.0 Å². The van der Waals surface area contributed by atoms with Gasteiger partial charge in [-0.1, -0.05) is 137 Å². The number of benzene rings is 6. The number of aryl methyl sites for hydroxylation is 2. The Kier molecular flexibility index (Phi) is 32.8. The third-order valence-corrected chi connectivity index (χ3v) is 13.0. The summed E-state index contributed by atoms with van der Waals surface area (Å²) in [5.41, 5.74) is 13.5. The van der Waals surface area contributed by atoms with E-state index in [1.807, 2.05) is 166 Å². The summed E-state index contributed by atoms with van der Waals surface area (Å²) in [6, 6.07) is 59.2. The molecule has 0 aliphatic rings. The maximum atomic E-state index is 11.8. The van der Waals surface area contributed by atoms with Crippen molar-refractivity contribution < 1.29 is 73.5 Å². The zero-order chi connectivity index (χ0) is 62.8. The fraction of sp³-hybridized carbons (Fsp3) is 0.111. The average molecular weight is 1250 g/mol. The molecule has 472 valence electrons. The standard InChI is InChI=1S/C23H19N3O3.C22H17N3O3.C10H9NO.C8H8O.C5H6N2.CO2.3CH4.Li.H2O/c1-29-23(28)17-9-7-16(8-10-17)20(26-19-6-2-3-13-24-19)18-12-11-15-5-4-14-25-21(15)22(18)27;26-21-17(11-10-14-4-3-13-24-20(14)21)19(25-18-5-1-2-12-23-18)15-6-8-16(9-7-15)22(27)28;1-7-5-8-3-2-4-11-10(8)9(12)6-7;1-7-2-4-8(6-9)5-3-7;6-5-3-1-2-4-7-5;2-1-3;;;;;/h2-14,20,27H,1H3,(H,24,26);1-13,19,26H,(H,23,25)(H,27,28);2-6,12H,1H3;2-6H,1H3;1-4H,(H2,6,7);;3*1H4;;1H2/q;;;;;;;;;+1;/p-1. The summed E-state index contributed by atoms with van der Waals surface area (Å²) in [5.74, 6) is 0.919. The number of rotatable bonds is 11. The summed E-state index contributed by atoms with van der Waals surface area (Å²) in [5, 5.41) is 49.8. The van der Waals surface area contributed by atoms with Gasteiger partial charge in [0.15, 0.2) is 0 Å². The predicted octanol–water partition coefficient (Wildman–Crippen LogP) is 11.4. The van der Waals surface area contributed by atoms with Crippen molar-refractivity contribution in [2.45, 2.75) is 48.2 Å². The van der Waals surface area contributed by atoms with Crippen LogP contribution in [0.5, 0.6) is 17.2 Å². The third kappa shape index (κ3) is 22.1. The summed E-state index contributed by atoms with van der Waals surface area (Å²) in [7, 11) is 1.35. The number of aromatic nitrogens is 6. The minimum atomic E-state index is -0.987. The van der Waals surface area contributed by atoms with Crippen molar-refractivity contribution in [3.63, 3.8) is 0 Å². The summed E-state index contributed by atoms with van der Waals surface area (Å²) >= 11 is 0. The summed E-state index contributed by atoms with van der Waals surface area (Å²) in [4.78, 5) is 74.4. The van der Waals surface area contributed by atoms with Gasteiger partial charge in [0.2, 0.25) is 0 Å². The first-order valence-corrected chi connectivity index (χ1v) is 26.9. The van der Waals surface area contributed by atoms with Crippen molar-refractivity contribution in [1.82, 2.24) is 29.9 Å². The van der Waals surface area contributed by atoms with E-state index in [0.29, 0.717) is 50.7 Å². The number of fused-ring (bicyclic) bond motifs is 3. The van der Waals surface area contributed by atoms with E-state index in [1.165, 1.54) is 12.7 Å². The van der Waals surface area contributed by atoms with Crippen LogP contribution in [0, 0.1) is 13.8 Å². The number of nitrogen functional groups attached to an aromatic ring is 1. The molecule has 0 saturated carbocycles. The van der Waals surface area contributed by atoms with Crippen molar-refractivity contribution in [3.8, 4) is 17.2 Å². The number of anilines is 3. The average Bonchev–Trinajstić information content (AvgIpc) is 1.36. The van der Waals surface area contributed by atoms with Crippen LogP contribution in [-0.2, 0) is 14.3 Å². The maximum Gasteiger partial charge on any atom is 1.00 e. The molecule has 21 heteroatoms. The molecule has 93 heavy (non-hydrogen) atoms. The zero-order valence-electron chi connectivity index (χ0n) is 49.2. The number of hydrogen-bond acceptors (Lipinski definition) is 19. The normalized spacial score (nSPS) is 10.2. The van der Waals surface area contributed by atoms with E-state index in [9.17, 15) is 29.7 Å². The van der Waals surface area contributed by atoms with Crippen LogP contribution in [-0.4, -0.2) is 87.3 Å². The van der Waals surface area contributed by atoms with Crippen LogP contribution in [0.15, 0.2) is 237 Å². The van der Waals surface area contributed by atoms with Gasteiger partial charge in [-0.15, -0.1) is 0 Å². The molecule has 2 unspecified atom stereocenters. The number of pyridine rings is 6. The fourth-order valence-corrected chi connectivity index (χ4v) is 8.72. The number of hydrogen-bond donors (Lipinski definition) is 7. The smallest absolute Gasteiger partial charge is 0.870 e. The van der Waals surface area contributed by atoms with E-state index >= 15 is 0 Å². The molecule has 0 saturated heterocycles. The molecule has 0 aliphatic heterocycles. The molecule has 9 N–H and O–H groups in total. The summed E-state index contributed by atoms with van der Waals surface area (Å²) in [6.07, 6.45) is 11.1. The van der Waals surface area contributed by atoms with E-state index < -0.39 is 24.0 Å². The van der Waals surface area contributed by atoms with Gasteiger partial charge in [0.1, 0.15) is 57.5 Å². The van der Waals surface area contributed by atoms with Crippen LogP contribution in [0.1, 0.15) is 98.8 Å². The van der Waals surface area contributed by atoms with Crippen molar-refractivity contribution in [3.05, 3.63) is 287 Å². The first-order chi connectivity index (χ1) is 42.7. The molecular weight excluding hydrogens is 1170 g/mol. The van der Waals surface area contributed by atoms with Gasteiger partial charge in [-0.25, -0.2) is 24.5 Å². The molecule has 0 radical (unpaired) electrons. The Hall–Kier alpha value is -11.7. The largest absolute Gasteiger partial charge is 1.00 e. The van der Waals surface area contributed by atoms with Crippen molar-refractivity contribution >= 4 is 74.5 Å². The Bertz CT molecular complexity index is 4270. The van der Waals surface area contributed by atoms with Crippen LogP contribution in [0.3, 0.4) is 0 Å². The summed E-state index contributed by atoms with van der Waals surface area (Å²) < 4.78 is 4.77. The monoisotopic (exact) mass is 1250 g/mol. The molecule has 6 heterocycles. The molecule has 0 fully saturated rings. The molecule has 0 spiro atoms. The number of aldehydes is 1. The van der Waals surface area contributed by atoms with Gasteiger partial charge in [-0.3, -0.25) is 19.7 Å². The van der Waals surface area contributed by atoms with Gasteiger partial charge < -0.3 is 47.0 Å². The van der Waals surface area contributed by atoms with Gasteiger partial charge in [0.25, 0.3) is 0 Å². The predicted molar refractivity (Wildman–Crippen MR) is 358 cm³/mol. The minimum Gasteiger partial charge on any atom is -0.870 e. The number of carbonyl (C=O) groups is 3. The number of carboxylic acids is 1. The second kappa shape index (κ2) is 39.4. The van der Waals surface area contributed by atoms with Crippen molar-refractivity contribution in [2.75, 3.05) is 23.5 Å². The van der Waals surface area contributed by atoms with Crippen molar-refractivity contribution in [1.29, 1.82) is 0 Å². The van der Waals surface area contributed by atoms with E-state index in [4.69, 9.17) is 25.2 Å². The van der Waals surface area contributed by atoms with E-state index in [2.05, 4.69) is 40.5 Å². The Balaban J connectivity index is 0.000000422. The molecule has 6 aromatic heterocycles. The number of phenolic OH excluding ortho intramolecular Hbond substituents is 3. The first-order valence-electron chi connectivity index (χ1n) is 26.9. The van der Waals surface area contributed by atoms with Crippen LogP contribution < -0.4 is 35.2 Å². The Morgan fingerprint density at radius 3 is 1.31 bits per heavy atom. The fourth-order valence-electron chi connectivity index (χ4n) is 8.72. The molecule has 12 rings (SSSR count). The van der Waals surface area contributed by atoms with Gasteiger partial charge in [-0.05, 0) is 122 Å². The number of methoxy groups -OCH3 is 1. The summed E-state index contributed by atoms with van der Waals surface area (Å²) in [6.45, 7) is 3.95. The van der Waals surface area contributed by atoms with E-state index in [1.54, 1.807) is 85.7 Å². The number of carbonyl (C=O) groups excluding carboxylic acids is 4. The maximum absolute atomic E-state index is 11.8. The Morgan fingerprint density at radius 2 is 0.925 bits per heavy atom. The molecule has 0 bridgehead atoms. The van der Waals surface area contributed by atoms with E-state index in [0.717, 1.165) is 44.7 Å². The van der Waals surface area contributed by atoms with Crippen LogP contribution in [0.2, 0.25) is 0 Å². The van der Waals surface area contributed by atoms with E-state index in [-0.39, 0.29) is 75.6 Å². The molecule has 12 aromatic rings. The minimum absolute atomic E-state index is 0. The SMILES string of the molecule is C.C.C.COC(=O)c1ccc(C(Nc2ccccn2)c2ccc3cccnc3c2O)cc1.Cc1cc(O)c2ncccc2c1.Cc1ccc(C=O)cc1.Nc1ccccn1.O=C(O)c1ccc(C(Nc2ccccn2)c2ccc3cccnc3c2O)cc1.O=C=O.[Li+].[OH-]. The molecule has 6 aromatic carbocycles. The first kappa shape index (κ1) is 77.4. The molecule has 0 amide bonds. The number of nitrogens with two attached hydrogens (primary N) is 1. The number of aromatic hydroxyl groups is 3. The molecule has 2 atom stereocenters. The number of phenols is 3. The molecule has 20 nitrogen and oxygen atoms in total. The van der Waals surface area contributed by atoms with Crippen LogP contribution in [0.25, 0.3) is 32.7 Å². The quantitative estimate of drug-likeness (QED) is 0.0359. The Labute approximate surface area is 551 Å². The number of carboxylic acid groups (broad SMARTS) is 1. The molecule has 0 aliphatic carbocycles. The van der Waals surface area contributed by atoms with Crippen LogP contribution in [0.4, 0.5) is 17.5 Å². The number of ether oxygens (including phenoxy) is 1. The Morgan fingerprint density at radius 1 is 0.505 bits per heavy atom. The second-order valence-electron chi connectivity index (χ2n) is 19.0. The van der Waals surface area contributed by atoms with Crippen LogP contribution >= 0.6 is 0 Å². The molecular formula is C72H72LiN9O11.